The number of carbonyl (C=O) groups is 5. The number of fused-ring (bicyclic) bond motifs is 3. The van der Waals surface area contributed by atoms with Crippen LogP contribution >= 0.6 is 11.3 Å². The Kier molecular flexibility index (Phi) is 11.7. The predicted octanol–water partition coefficient (Wildman–Crippen LogP) is 5.29. The largest absolute Gasteiger partial charge is 0.493 e. The number of amides is 4. The molecule has 2 unspecified atom stereocenters. The topological polar surface area (TPSA) is 196 Å². The number of carboxylic acid groups (broad SMARTS) is 1. The molecule has 2 saturated heterocycles. The van der Waals surface area contributed by atoms with Gasteiger partial charge in [-0.3, -0.25) is 14.4 Å². The molecule has 0 saturated carbocycles. The van der Waals surface area contributed by atoms with Crippen LogP contribution in [0.1, 0.15) is 62.6 Å². The molecule has 4 amide bonds. The normalized spacial score (nSPS) is 20.6. The van der Waals surface area contributed by atoms with Crippen LogP contribution in [0.2, 0.25) is 0 Å². The van der Waals surface area contributed by atoms with E-state index in [0.29, 0.717) is 35.7 Å². The van der Waals surface area contributed by atoms with E-state index in [4.69, 9.17) is 28.4 Å². The van der Waals surface area contributed by atoms with Crippen LogP contribution in [0.4, 0.5) is 21.9 Å². The predicted molar refractivity (Wildman–Crippen MR) is 207 cm³/mol. The third kappa shape index (κ3) is 8.25. The van der Waals surface area contributed by atoms with Gasteiger partial charge in [0.05, 0.1) is 50.4 Å². The van der Waals surface area contributed by atoms with Crippen molar-refractivity contribution in [3.8, 4) is 11.5 Å². The second kappa shape index (κ2) is 16.8. The van der Waals surface area contributed by atoms with Crippen LogP contribution in [-0.2, 0) is 30.8 Å². The van der Waals surface area contributed by atoms with Crippen LogP contribution in [0, 0.1) is 0 Å². The van der Waals surface area contributed by atoms with Gasteiger partial charge in [0.2, 0.25) is 5.91 Å². The highest BCUT2D eigenvalue weighted by molar-refractivity contribution is 7.20. The zero-order valence-corrected chi connectivity index (χ0v) is 32.6. The van der Waals surface area contributed by atoms with Gasteiger partial charge < -0.3 is 53.6 Å². The number of methoxy groups -OCH3 is 3. The van der Waals surface area contributed by atoms with E-state index < -0.39 is 54.4 Å². The molecule has 3 aliphatic heterocycles. The van der Waals surface area contributed by atoms with Gasteiger partial charge in [-0.05, 0) is 73.9 Å². The maximum absolute atomic E-state index is 14.2. The Balaban J connectivity index is 1.03. The number of nitrogens with zero attached hydrogens (tertiary/aromatic N) is 3. The van der Waals surface area contributed by atoms with Crippen LogP contribution < -0.4 is 25.0 Å². The number of piperidine rings is 1. The van der Waals surface area contributed by atoms with E-state index in [1.807, 2.05) is 6.07 Å². The average Bonchev–Trinajstić information content (AvgIpc) is 3.79. The van der Waals surface area contributed by atoms with Crippen molar-refractivity contribution >= 4 is 68.3 Å². The zero-order valence-electron chi connectivity index (χ0n) is 31.8. The van der Waals surface area contributed by atoms with Gasteiger partial charge in [0.1, 0.15) is 17.2 Å². The van der Waals surface area contributed by atoms with E-state index in [1.165, 1.54) is 44.8 Å². The van der Waals surface area contributed by atoms with Crippen LogP contribution in [0.5, 0.6) is 11.5 Å². The van der Waals surface area contributed by atoms with Crippen molar-refractivity contribution in [3.63, 3.8) is 0 Å². The van der Waals surface area contributed by atoms with Crippen molar-refractivity contribution in [1.29, 1.82) is 0 Å². The molecular formula is C39H43N5O12S. The van der Waals surface area contributed by atoms with Crippen molar-refractivity contribution in [2.75, 3.05) is 56.6 Å². The van der Waals surface area contributed by atoms with Gasteiger partial charge in [0.25, 0.3) is 11.8 Å². The first kappa shape index (κ1) is 39.5. The van der Waals surface area contributed by atoms with Crippen LogP contribution in [0.25, 0.3) is 10.1 Å². The van der Waals surface area contributed by atoms with Crippen LogP contribution in [-0.4, -0.2) is 110 Å². The number of esters is 1. The second-order valence-electron chi connectivity index (χ2n) is 13.8. The number of hydrogen-bond acceptors (Lipinski definition) is 12. The number of benzene rings is 2. The lowest BCUT2D eigenvalue weighted by Gasteiger charge is -2.44. The molecule has 0 bridgehead atoms. The average molecular weight is 806 g/mol. The van der Waals surface area contributed by atoms with E-state index in [-0.39, 0.29) is 48.0 Å². The maximum atomic E-state index is 14.2. The van der Waals surface area contributed by atoms with Gasteiger partial charge in [0, 0.05) is 42.8 Å². The number of hydrogen-bond donors (Lipinski definition) is 3. The van der Waals surface area contributed by atoms with Crippen molar-refractivity contribution in [1.82, 2.24) is 9.47 Å². The first-order valence-corrected chi connectivity index (χ1v) is 19.2. The molecule has 3 aliphatic rings. The zero-order chi connectivity index (χ0) is 40.4. The Hall–Kier alpha value is -5.69. The molecule has 2 aromatic heterocycles. The number of anilines is 3. The number of ether oxygens (including phenoxy) is 6. The smallest absolute Gasteiger partial charge is 0.414 e. The number of thiophene rings is 1. The van der Waals surface area contributed by atoms with E-state index in [1.54, 1.807) is 47.0 Å². The molecule has 2 aromatic carbocycles. The third-order valence-corrected chi connectivity index (χ3v) is 11.3. The minimum Gasteiger partial charge on any atom is -0.493 e. The van der Waals surface area contributed by atoms with Gasteiger partial charge in [-0.2, -0.15) is 0 Å². The van der Waals surface area contributed by atoms with Gasteiger partial charge in [0.15, 0.2) is 24.0 Å². The monoisotopic (exact) mass is 805 g/mol. The molecule has 17 nitrogen and oxygen atoms in total. The summed E-state index contributed by atoms with van der Waals surface area (Å²) in [5.74, 6) is -1.21. The van der Waals surface area contributed by atoms with Gasteiger partial charge in [-0.25, -0.2) is 14.5 Å². The lowest BCUT2D eigenvalue weighted by molar-refractivity contribution is -0.201. The van der Waals surface area contributed by atoms with Crippen molar-refractivity contribution in [2.45, 2.75) is 56.8 Å². The molecule has 2 fully saturated rings. The molecule has 0 aliphatic carbocycles. The summed E-state index contributed by atoms with van der Waals surface area (Å²) in [5, 5.41) is 17.0. The second-order valence-corrected chi connectivity index (χ2v) is 14.9. The highest BCUT2D eigenvalue weighted by atomic mass is 32.1. The Labute approximate surface area is 331 Å². The molecule has 18 heteroatoms. The Morgan fingerprint density at radius 2 is 1.75 bits per heavy atom. The molecule has 5 heterocycles. The Morgan fingerprint density at radius 3 is 2.47 bits per heavy atom. The standard InChI is InChI=1S/C39H43N5O12S/c1-42-19-23(15-27(42)35(46)41-22-8-9-31-21(13-22)14-32(57-31)38(48)53-4)40-33(45)20-55-24-10-11-43-28(16-24)37(56-34-7-5-6-12-54-34)44(39(49)50)26-18-30(52-3)29(51-2)17-25(26)36(43)47/h8-9,13-15,17-19,24,28,34,37H,5-7,10-12,16,20H2,1-4H3,(H,40,45)(H,41,46)(H,49,50)/t24-,28+,34?,37?/m1/s1. The fourth-order valence-corrected chi connectivity index (χ4v) is 8.41. The summed E-state index contributed by atoms with van der Waals surface area (Å²) in [5.41, 5.74) is 1.38. The summed E-state index contributed by atoms with van der Waals surface area (Å²) >= 11 is 1.29. The molecule has 4 aromatic rings. The molecule has 57 heavy (non-hydrogen) atoms. The van der Waals surface area contributed by atoms with E-state index >= 15 is 0 Å². The highest BCUT2D eigenvalue weighted by Crippen LogP contribution is 2.42. The summed E-state index contributed by atoms with van der Waals surface area (Å²) < 4.78 is 36.5. The minimum absolute atomic E-state index is 0.0888. The molecular weight excluding hydrogens is 763 g/mol. The molecule has 0 radical (unpaired) electrons. The number of aryl methyl sites for hydroxylation is 1. The first-order valence-electron chi connectivity index (χ1n) is 18.3. The number of rotatable bonds is 11. The fourth-order valence-electron chi connectivity index (χ4n) is 7.44. The Morgan fingerprint density at radius 1 is 0.965 bits per heavy atom. The van der Waals surface area contributed by atoms with Crippen molar-refractivity contribution in [2.24, 2.45) is 7.05 Å². The van der Waals surface area contributed by atoms with E-state index in [9.17, 15) is 29.1 Å². The lowest BCUT2D eigenvalue weighted by Crippen LogP contribution is -2.59. The lowest BCUT2D eigenvalue weighted by atomic mass is 9.97. The maximum Gasteiger partial charge on any atom is 0.414 e. The summed E-state index contributed by atoms with van der Waals surface area (Å²) in [6, 6.07) is 10.7. The fraction of sp³-hybridized carbons (Fsp3) is 0.410. The summed E-state index contributed by atoms with van der Waals surface area (Å²) in [4.78, 5) is 68.6. The van der Waals surface area contributed by atoms with Crippen LogP contribution in [0.3, 0.4) is 0 Å². The van der Waals surface area contributed by atoms with Gasteiger partial charge in [-0.1, -0.05) is 0 Å². The Bertz CT molecular complexity index is 2200. The number of nitrogens with one attached hydrogen (secondary N) is 2. The summed E-state index contributed by atoms with van der Waals surface area (Å²) in [6.45, 7) is 0.315. The quantitative estimate of drug-likeness (QED) is 0.166. The molecule has 4 atom stereocenters. The van der Waals surface area contributed by atoms with Crippen LogP contribution in [0.15, 0.2) is 48.7 Å². The van der Waals surface area contributed by atoms with E-state index in [0.717, 1.165) is 27.8 Å². The van der Waals surface area contributed by atoms with Crippen molar-refractivity contribution < 1.29 is 57.5 Å². The number of aromatic nitrogens is 1. The third-order valence-electron chi connectivity index (χ3n) is 10.2. The van der Waals surface area contributed by atoms with Crippen molar-refractivity contribution in [3.05, 3.63) is 64.8 Å². The summed E-state index contributed by atoms with van der Waals surface area (Å²) in [6.07, 6.45) is 0.632. The molecule has 302 valence electrons. The molecule has 3 N–H and O–H groups in total. The van der Waals surface area contributed by atoms with Gasteiger partial charge >= 0.3 is 12.1 Å². The minimum atomic E-state index is -1.34. The SMILES string of the molecule is COC(=O)c1cc2cc(NC(=O)c3cc(NC(=O)CO[C@@H]4CCN5C(=O)c6cc(OC)c(OC)cc6N(C(=O)O)C(OC6CCCCO6)[C@@H]5C4)cn3C)ccc2s1. The number of carbonyl (C=O) groups excluding carboxylic acids is 4. The summed E-state index contributed by atoms with van der Waals surface area (Å²) in [7, 11) is 5.85. The van der Waals surface area contributed by atoms with E-state index in [2.05, 4.69) is 10.6 Å². The van der Waals surface area contributed by atoms with Gasteiger partial charge in [-0.15, -0.1) is 11.3 Å². The molecule has 7 rings (SSSR count). The first-order chi connectivity index (χ1) is 27.5. The highest BCUT2D eigenvalue weighted by Gasteiger charge is 2.48. The molecule has 0 spiro atoms.